The molecular formula is C24H26N6O3S. The molecule has 4 rings (SSSR count). The largest absolute Gasteiger partial charge is 0.317 e. The first-order valence-electron chi connectivity index (χ1n) is 11.1. The van der Waals surface area contributed by atoms with Crippen molar-refractivity contribution in [2.75, 3.05) is 0 Å². The van der Waals surface area contributed by atoms with Crippen LogP contribution < -0.4 is 0 Å². The van der Waals surface area contributed by atoms with E-state index in [-0.39, 0.29) is 23.0 Å². The van der Waals surface area contributed by atoms with Crippen molar-refractivity contribution in [2.24, 2.45) is 16.0 Å². The fourth-order valence-electron chi connectivity index (χ4n) is 4.22. The molecule has 0 bridgehead atoms. The van der Waals surface area contributed by atoms with Crippen LogP contribution in [-0.2, 0) is 4.79 Å². The van der Waals surface area contributed by atoms with Gasteiger partial charge in [0.2, 0.25) is 5.17 Å². The number of aryl methyl sites for hydroxylation is 2. The predicted molar refractivity (Wildman–Crippen MR) is 136 cm³/mol. The Morgan fingerprint density at radius 1 is 1.21 bits per heavy atom. The fraction of sp³-hybridized carbons (Fsp3) is 0.333. The van der Waals surface area contributed by atoms with Crippen LogP contribution in [0.5, 0.6) is 0 Å². The van der Waals surface area contributed by atoms with Gasteiger partial charge in [0.05, 0.1) is 16.2 Å². The quantitative estimate of drug-likeness (QED) is 0.340. The second-order valence-corrected chi connectivity index (χ2v) is 9.35. The van der Waals surface area contributed by atoms with E-state index in [2.05, 4.69) is 23.9 Å². The lowest BCUT2D eigenvalue weighted by Crippen LogP contribution is -2.35. The van der Waals surface area contributed by atoms with Crippen molar-refractivity contribution in [3.8, 4) is 5.69 Å². The Morgan fingerprint density at radius 2 is 1.91 bits per heavy atom. The molecule has 0 radical (unpaired) electrons. The molecule has 0 unspecified atom stereocenters. The van der Waals surface area contributed by atoms with Crippen molar-refractivity contribution in [1.29, 1.82) is 5.41 Å². The summed E-state index contributed by atoms with van der Waals surface area (Å²) < 4.78 is 1.93. The number of thioether (sulfide) groups is 1. The number of carbonyl (C=O) groups is 1. The van der Waals surface area contributed by atoms with Crippen LogP contribution in [0.25, 0.3) is 11.8 Å². The average Bonchev–Trinajstić information content (AvgIpc) is 3.33. The Balaban J connectivity index is 1.74. The van der Waals surface area contributed by atoms with Gasteiger partial charge in [-0.3, -0.25) is 20.3 Å². The third-order valence-electron chi connectivity index (χ3n) is 6.22. The SMILES string of the molecule is CCC(CC)C1=NN2C(=N)/C(=C\c3cc(C)n(-c4cc([N+](=O)[O-])ccc4C)c3C)C(=O)N=C2S1. The topological polar surface area (TPSA) is 117 Å². The van der Waals surface area contributed by atoms with Gasteiger partial charge in [-0.15, -0.1) is 0 Å². The van der Waals surface area contributed by atoms with E-state index in [4.69, 9.17) is 5.41 Å². The summed E-state index contributed by atoms with van der Waals surface area (Å²) in [7, 11) is 0. The number of non-ortho nitro benzene ring substituents is 1. The van der Waals surface area contributed by atoms with Gasteiger partial charge in [-0.1, -0.05) is 19.9 Å². The summed E-state index contributed by atoms with van der Waals surface area (Å²) in [5, 5.41) is 27.3. The van der Waals surface area contributed by atoms with Crippen LogP contribution in [0, 0.1) is 42.2 Å². The number of amidine groups is 2. The van der Waals surface area contributed by atoms with Crippen LogP contribution in [0.1, 0.15) is 49.2 Å². The minimum atomic E-state index is -0.471. The van der Waals surface area contributed by atoms with Gasteiger partial charge < -0.3 is 4.57 Å². The molecule has 176 valence electrons. The molecular weight excluding hydrogens is 452 g/mol. The minimum absolute atomic E-state index is 0.000196. The summed E-state index contributed by atoms with van der Waals surface area (Å²) in [5.74, 6) is -0.202. The van der Waals surface area contributed by atoms with Gasteiger partial charge in [0, 0.05) is 29.4 Å². The number of benzene rings is 1. The summed E-state index contributed by atoms with van der Waals surface area (Å²) in [6.07, 6.45) is 3.51. The molecule has 0 atom stereocenters. The van der Waals surface area contributed by atoms with E-state index < -0.39 is 10.8 Å². The van der Waals surface area contributed by atoms with Gasteiger partial charge in [-0.2, -0.15) is 15.1 Å². The van der Waals surface area contributed by atoms with E-state index in [1.54, 1.807) is 18.2 Å². The van der Waals surface area contributed by atoms with E-state index in [0.717, 1.165) is 40.4 Å². The highest BCUT2D eigenvalue weighted by molar-refractivity contribution is 8.27. The zero-order valence-corrected chi connectivity index (χ0v) is 20.6. The molecule has 1 aromatic carbocycles. The van der Waals surface area contributed by atoms with Crippen molar-refractivity contribution >= 4 is 45.5 Å². The van der Waals surface area contributed by atoms with Crippen molar-refractivity contribution in [3.63, 3.8) is 0 Å². The molecule has 0 saturated carbocycles. The lowest BCUT2D eigenvalue weighted by Gasteiger charge is -2.20. The van der Waals surface area contributed by atoms with Gasteiger partial charge in [-0.05, 0) is 68.6 Å². The maximum Gasteiger partial charge on any atom is 0.283 e. The zero-order valence-electron chi connectivity index (χ0n) is 19.7. The third-order valence-corrected chi connectivity index (χ3v) is 7.29. The van der Waals surface area contributed by atoms with Gasteiger partial charge >= 0.3 is 0 Å². The molecule has 1 amide bonds. The number of aromatic nitrogens is 1. The molecule has 3 heterocycles. The van der Waals surface area contributed by atoms with E-state index in [1.165, 1.54) is 22.8 Å². The molecule has 0 fully saturated rings. The van der Waals surface area contributed by atoms with Crippen molar-refractivity contribution in [1.82, 2.24) is 9.58 Å². The van der Waals surface area contributed by atoms with Crippen molar-refractivity contribution < 1.29 is 9.72 Å². The number of hydrogen-bond acceptors (Lipinski definition) is 6. The fourth-order valence-corrected chi connectivity index (χ4v) is 5.38. The van der Waals surface area contributed by atoms with Gasteiger partial charge in [-0.25, -0.2) is 0 Å². The lowest BCUT2D eigenvalue weighted by atomic mass is 10.1. The molecule has 0 saturated heterocycles. The highest BCUT2D eigenvalue weighted by atomic mass is 32.2. The number of hydrogen-bond donors (Lipinski definition) is 1. The second kappa shape index (κ2) is 9.02. The van der Waals surface area contributed by atoms with Gasteiger partial charge in [0.25, 0.3) is 11.6 Å². The number of hydrazone groups is 1. The molecule has 9 nitrogen and oxygen atoms in total. The smallest absolute Gasteiger partial charge is 0.283 e. The first kappa shape index (κ1) is 23.6. The second-order valence-electron chi connectivity index (χ2n) is 8.36. The highest BCUT2D eigenvalue weighted by Crippen LogP contribution is 2.34. The molecule has 1 N–H and O–H groups in total. The first-order chi connectivity index (χ1) is 16.2. The lowest BCUT2D eigenvalue weighted by molar-refractivity contribution is -0.384. The Kier molecular flexibility index (Phi) is 6.26. The van der Waals surface area contributed by atoms with Crippen molar-refractivity contribution in [3.05, 3.63) is 62.5 Å². The van der Waals surface area contributed by atoms with Gasteiger partial charge in [0.15, 0.2) is 5.84 Å². The molecule has 0 aliphatic carbocycles. The van der Waals surface area contributed by atoms with Crippen LogP contribution >= 0.6 is 11.8 Å². The van der Waals surface area contributed by atoms with Crippen molar-refractivity contribution in [2.45, 2.75) is 47.5 Å². The van der Waals surface area contributed by atoms with Gasteiger partial charge in [0.1, 0.15) is 5.04 Å². The molecule has 2 aliphatic rings. The number of amides is 1. The number of nitro benzene ring substituents is 1. The molecule has 0 spiro atoms. The number of nitrogens with one attached hydrogen (secondary N) is 1. The van der Waals surface area contributed by atoms with Crippen LogP contribution in [0.2, 0.25) is 0 Å². The van der Waals surface area contributed by atoms with Crippen LogP contribution in [0.4, 0.5) is 5.69 Å². The number of carbonyl (C=O) groups excluding carboxylic acids is 1. The van der Waals surface area contributed by atoms with Crippen LogP contribution in [0.3, 0.4) is 0 Å². The zero-order chi connectivity index (χ0) is 24.7. The maximum atomic E-state index is 12.8. The molecule has 2 aliphatic heterocycles. The number of aliphatic imine (C=N–C) groups is 1. The third kappa shape index (κ3) is 3.98. The number of fused-ring (bicyclic) bond motifs is 1. The number of nitrogens with zero attached hydrogens (tertiary/aromatic N) is 5. The monoisotopic (exact) mass is 478 g/mol. The Morgan fingerprint density at radius 3 is 2.56 bits per heavy atom. The Bertz CT molecular complexity index is 1320. The Labute approximate surface area is 201 Å². The van der Waals surface area contributed by atoms with E-state index >= 15 is 0 Å². The molecule has 10 heteroatoms. The number of nitro groups is 1. The average molecular weight is 479 g/mol. The minimum Gasteiger partial charge on any atom is -0.317 e. The van der Waals surface area contributed by atoms with E-state index in [1.807, 2.05) is 31.4 Å². The summed E-state index contributed by atoms with van der Waals surface area (Å²) >= 11 is 1.36. The Hall–Kier alpha value is -3.53. The predicted octanol–water partition coefficient (Wildman–Crippen LogP) is 5.37. The number of rotatable bonds is 6. The van der Waals surface area contributed by atoms with E-state index in [9.17, 15) is 14.9 Å². The standard InChI is InChI=1S/C24H26N6O3S/c1-6-16(7-2)23-27-29-21(25)19(22(31)26-24(29)34-23)11-17-10-14(4)28(15(17)5)20-12-18(30(32)33)9-8-13(20)3/h8-12,16,25H,6-7H2,1-5H3/b19-11+,25-21?. The molecule has 2 aromatic rings. The highest BCUT2D eigenvalue weighted by Gasteiger charge is 2.37. The van der Waals surface area contributed by atoms with Crippen LogP contribution in [0.15, 0.2) is 39.9 Å². The summed E-state index contributed by atoms with van der Waals surface area (Å²) in [6, 6.07) is 6.66. The summed E-state index contributed by atoms with van der Waals surface area (Å²) in [6.45, 7) is 9.88. The summed E-state index contributed by atoms with van der Waals surface area (Å²) in [5.41, 5.74) is 4.17. The molecule has 1 aromatic heterocycles. The first-order valence-corrected chi connectivity index (χ1v) is 11.9. The normalized spacial score (nSPS) is 16.9. The van der Waals surface area contributed by atoms with E-state index in [0.29, 0.717) is 10.9 Å². The maximum absolute atomic E-state index is 12.8. The molecule has 34 heavy (non-hydrogen) atoms. The summed E-state index contributed by atoms with van der Waals surface area (Å²) in [4.78, 5) is 27.9. The van der Waals surface area contributed by atoms with Crippen LogP contribution in [-0.4, -0.2) is 36.5 Å².